The summed E-state index contributed by atoms with van der Waals surface area (Å²) in [6.07, 6.45) is 9.06. The van der Waals surface area contributed by atoms with E-state index in [1.807, 2.05) is 0 Å². The summed E-state index contributed by atoms with van der Waals surface area (Å²) >= 11 is 17.9. The van der Waals surface area contributed by atoms with Gasteiger partial charge in [-0.3, -0.25) is 0 Å². The highest BCUT2D eigenvalue weighted by Gasteiger charge is 2.17. The Morgan fingerprint density at radius 3 is 2.17 bits per heavy atom. The van der Waals surface area contributed by atoms with Gasteiger partial charge in [0.25, 0.3) is 0 Å². The average molecular weight is 373 g/mol. The maximum atomic E-state index is 12.1. The Bertz CT molecular complexity index is 693. The second kappa shape index (κ2) is 7.16. The van der Waals surface area contributed by atoms with Gasteiger partial charge in [-0.1, -0.05) is 34.8 Å². The number of fused-ring (bicyclic) bond motifs is 1. The lowest BCUT2D eigenvalue weighted by Crippen LogP contribution is -2.11. The molecular weight excluding hydrogens is 357 g/mol. The molecule has 1 heterocycles. The fraction of sp³-hybridized carbons (Fsp3) is 0.353. The number of carbonyl (C=O) groups is 1. The first-order valence-corrected chi connectivity index (χ1v) is 8.67. The molecule has 0 fully saturated rings. The monoisotopic (exact) mass is 371 g/mol. The van der Waals surface area contributed by atoms with Crippen LogP contribution in [0.25, 0.3) is 0 Å². The van der Waals surface area contributed by atoms with E-state index >= 15 is 0 Å². The summed E-state index contributed by atoms with van der Waals surface area (Å²) < 4.78 is 7.37. The van der Waals surface area contributed by atoms with E-state index in [9.17, 15) is 4.79 Å². The third-order valence-corrected chi connectivity index (χ3v) is 4.81. The highest BCUT2D eigenvalue weighted by atomic mass is 35.5. The van der Waals surface area contributed by atoms with Crippen molar-refractivity contribution in [2.24, 2.45) is 0 Å². The highest BCUT2D eigenvalue weighted by molar-refractivity contribution is 6.41. The average Bonchev–Trinajstić information content (AvgIpc) is 2.88. The Hall–Kier alpha value is -1.16. The second-order valence-electron chi connectivity index (χ2n) is 5.63. The van der Waals surface area contributed by atoms with Crippen molar-refractivity contribution in [2.45, 2.75) is 32.2 Å². The molecule has 0 radical (unpaired) electrons. The van der Waals surface area contributed by atoms with Crippen LogP contribution < -0.4 is 0 Å². The first-order valence-electron chi connectivity index (χ1n) is 7.54. The molecule has 122 valence electrons. The van der Waals surface area contributed by atoms with E-state index in [1.165, 1.54) is 36.1 Å². The fourth-order valence-electron chi connectivity index (χ4n) is 2.87. The molecule has 1 aliphatic rings. The zero-order chi connectivity index (χ0) is 16.4. The Balaban J connectivity index is 1.60. The molecule has 1 aromatic carbocycles. The molecule has 1 aromatic heterocycles. The van der Waals surface area contributed by atoms with E-state index < -0.39 is 5.97 Å². The lowest BCUT2D eigenvalue weighted by molar-refractivity contribution is 0.0492. The fourth-order valence-corrected chi connectivity index (χ4v) is 3.84. The van der Waals surface area contributed by atoms with Crippen LogP contribution in [0.3, 0.4) is 0 Å². The predicted molar refractivity (Wildman–Crippen MR) is 92.8 cm³/mol. The molecule has 6 heteroatoms. The highest BCUT2D eigenvalue weighted by Crippen LogP contribution is 2.29. The molecule has 0 unspecified atom stereocenters. The van der Waals surface area contributed by atoms with Gasteiger partial charge in [-0.25, -0.2) is 4.79 Å². The van der Waals surface area contributed by atoms with E-state index in [2.05, 4.69) is 17.0 Å². The van der Waals surface area contributed by atoms with Crippen LogP contribution in [-0.2, 0) is 24.1 Å². The van der Waals surface area contributed by atoms with Gasteiger partial charge in [-0.05, 0) is 48.9 Å². The summed E-state index contributed by atoms with van der Waals surface area (Å²) in [4.78, 5) is 12.1. The standard InChI is InChI=1S/C17H16Cl3NO2/c18-13-7-14(19)16(15(20)8-13)17(22)23-6-5-21-9-11-3-1-2-4-12(11)10-21/h7-10H,1-6H2. The third-order valence-electron chi connectivity index (χ3n) is 3.99. The number of aryl methyl sites for hydroxylation is 2. The molecule has 23 heavy (non-hydrogen) atoms. The molecule has 2 aromatic rings. The number of aromatic nitrogens is 1. The van der Waals surface area contributed by atoms with Crippen molar-refractivity contribution in [1.82, 2.24) is 4.57 Å². The molecule has 3 nitrogen and oxygen atoms in total. The van der Waals surface area contributed by atoms with Crippen LogP contribution in [-0.4, -0.2) is 17.1 Å². The van der Waals surface area contributed by atoms with E-state index in [-0.39, 0.29) is 22.2 Å². The van der Waals surface area contributed by atoms with Crippen LogP contribution in [0.5, 0.6) is 0 Å². The van der Waals surface area contributed by atoms with Crippen molar-refractivity contribution in [1.29, 1.82) is 0 Å². The number of rotatable bonds is 4. The first kappa shape index (κ1) is 16.7. The van der Waals surface area contributed by atoms with Gasteiger partial charge in [0.15, 0.2) is 0 Å². The van der Waals surface area contributed by atoms with Crippen molar-refractivity contribution in [3.05, 3.63) is 56.3 Å². The maximum absolute atomic E-state index is 12.1. The topological polar surface area (TPSA) is 31.2 Å². The molecule has 0 amide bonds. The van der Waals surface area contributed by atoms with Gasteiger partial charge in [-0.15, -0.1) is 0 Å². The van der Waals surface area contributed by atoms with Gasteiger partial charge in [-0.2, -0.15) is 0 Å². The summed E-state index contributed by atoms with van der Waals surface area (Å²) in [6, 6.07) is 2.96. The number of esters is 1. The van der Waals surface area contributed by atoms with E-state index in [0.717, 1.165) is 12.8 Å². The van der Waals surface area contributed by atoms with Gasteiger partial charge >= 0.3 is 5.97 Å². The summed E-state index contributed by atoms with van der Waals surface area (Å²) in [6.45, 7) is 0.878. The van der Waals surface area contributed by atoms with Crippen LogP contribution in [0, 0.1) is 0 Å². The number of nitrogens with zero attached hydrogens (tertiary/aromatic N) is 1. The SMILES string of the molecule is O=C(OCCn1cc2c(c1)CCCC2)c1c(Cl)cc(Cl)cc1Cl. The second-order valence-corrected chi connectivity index (χ2v) is 6.88. The number of hydrogen-bond acceptors (Lipinski definition) is 2. The molecule has 0 saturated carbocycles. The van der Waals surface area contributed by atoms with E-state index in [1.54, 1.807) is 0 Å². The normalized spacial score (nSPS) is 13.7. The maximum Gasteiger partial charge on any atom is 0.341 e. The van der Waals surface area contributed by atoms with E-state index in [0.29, 0.717) is 11.6 Å². The molecule has 0 saturated heterocycles. The predicted octanol–water partition coefficient (Wildman–Crippen LogP) is 5.18. The number of carbonyl (C=O) groups excluding carboxylic acids is 1. The number of ether oxygens (including phenoxy) is 1. The summed E-state index contributed by atoms with van der Waals surface area (Å²) in [5, 5.41) is 0.780. The van der Waals surface area contributed by atoms with Crippen molar-refractivity contribution < 1.29 is 9.53 Å². The first-order chi connectivity index (χ1) is 11.0. The Kier molecular flexibility index (Phi) is 5.20. The lowest BCUT2D eigenvalue weighted by Gasteiger charge is -2.09. The Morgan fingerprint density at radius 2 is 1.61 bits per heavy atom. The van der Waals surface area contributed by atoms with Gasteiger partial charge in [0.05, 0.1) is 22.2 Å². The van der Waals surface area contributed by atoms with Gasteiger partial charge in [0.1, 0.15) is 6.61 Å². The van der Waals surface area contributed by atoms with Gasteiger partial charge in [0, 0.05) is 17.4 Å². The molecule has 1 aliphatic carbocycles. The molecule has 0 N–H and O–H groups in total. The number of benzene rings is 1. The van der Waals surface area contributed by atoms with Crippen LogP contribution in [0.1, 0.15) is 34.3 Å². The number of hydrogen-bond donors (Lipinski definition) is 0. The molecule has 3 rings (SSSR count). The van der Waals surface area contributed by atoms with Crippen LogP contribution in [0.2, 0.25) is 15.1 Å². The van der Waals surface area contributed by atoms with Crippen LogP contribution in [0.4, 0.5) is 0 Å². The summed E-state index contributed by atoms with van der Waals surface area (Å²) in [7, 11) is 0. The minimum Gasteiger partial charge on any atom is -0.460 e. The van der Waals surface area contributed by atoms with Gasteiger partial charge in [0.2, 0.25) is 0 Å². The van der Waals surface area contributed by atoms with Crippen molar-refractivity contribution >= 4 is 40.8 Å². The molecular formula is C17H16Cl3NO2. The van der Waals surface area contributed by atoms with E-state index in [4.69, 9.17) is 39.5 Å². The minimum atomic E-state index is -0.534. The van der Waals surface area contributed by atoms with Crippen LogP contribution in [0.15, 0.2) is 24.5 Å². The summed E-state index contributed by atoms with van der Waals surface area (Å²) in [5.41, 5.74) is 2.97. The zero-order valence-electron chi connectivity index (χ0n) is 12.4. The van der Waals surface area contributed by atoms with Crippen LogP contribution >= 0.6 is 34.8 Å². The molecule has 0 spiro atoms. The summed E-state index contributed by atoms with van der Waals surface area (Å²) in [5.74, 6) is -0.534. The Labute approximate surface area is 150 Å². The van der Waals surface area contributed by atoms with Crippen molar-refractivity contribution in [2.75, 3.05) is 6.61 Å². The molecule has 0 bridgehead atoms. The lowest BCUT2D eigenvalue weighted by atomic mass is 9.96. The zero-order valence-corrected chi connectivity index (χ0v) is 14.7. The Morgan fingerprint density at radius 1 is 1.04 bits per heavy atom. The largest absolute Gasteiger partial charge is 0.460 e. The molecule has 0 atom stereocenters. The third kappa shape index (κ3) is 3.85. The molecule has 0 aliphatic heterocycles. The van der Waals surface area contributed by atoms with Crippen molar-refractivity contribution in [3.8, 4) is 0 Å². The van der Waals surface area contributed by atoms with Gasteiger partial charge < -0.3 is 9.30 Å². The minimum absolute atomic E-state index is 0.157. The van der Waals surface area contributed by atoms with Crippen molar-refractivity contribution in [3.63, 3.8) is 0 Å². The number of halogens is 3. The quantitative estimate of drug-likeness (QED) is 0.692. The smallest absolute Gasteiger partial charge is 0.341 e.